The Balaban J connectivity index is 2.58. The number of hydrogen-bond donors (Lipinski definition) is 3. The van der Waals surface area contributed by atoms with Gasteiger partial charge in [-0.15, -0.1) is 0 Å². The van der Waals surface area contributed by atoms with Gasteiger partial charge in [0, 0.05) is 13.6 Å². The van der Waals surface area contributed by atoms with Gasteiger partial charge in [0.1, 0.15) is 22.4 Å². The zero-order valence-electron chi connectivity index (χ0n) is 11.3. The van der Waals surface area contributed by atoms with Gasteiger partial charge in [0.05, 0.1) is 6.10 Å². The largest absolute Gasteiger partial charge is 0.391 e. The van der Waals surface area contributed by atoms with E-state index in [1.165, 1.54) is 6.33 Å². The predicted octanol–water partition coefficient (Wildman–Crippen LogP) is 2.49. The summed E-state index contributed by atoms with van der Waals surface area (Å²) in [6, 6.07) is 0. The summed E-state index contributed by atoms with van der Waals surface area (Å²) < 4.78 is 0.774. The lowest BCUT2D eigenvalue weighted by Gasteiger charge is -2.22. The van der Waals surface area contributed by atoms with E-state index in [9.17, 15) is 5.11 Å². The summed E-state index contributed by atoms with van der Waals surface area (Å²) in [5, 5.41) is 16.0. The first-order valence-electron chi connectivity index (χ1n) is 5.93. The van der Waals surface area contributed by atoms with Gasteiger partial charge in [-0.3, -0.25) is 0 Å². The van der Waals surface area contributed by atoms with Crippen molar-refractivity contribution in [3.63, 3.8) is 0 Å². The number of nitrogens with zero attached hydrogens (tertiary/aromatic N) is 2. The van der Waals surface area contributed by atoms with Gasteiger partial charge in [0.2, 0.25) is 0 Å². The highest BCUT2D eigenvalue weighted by molar-refractivity contribution is 9.10. The lowest BCUT2D eigenvalue weighted by atomic mass is 9.89. The maximum atomic E-state index is 9.93. The van der Waals surface area contributed by atoms with Crippen LogP contribution in [0.4, 0.5) is 11.6 Å². The molecular formula is C12H21BrN4O. The van der Waals surface area contributed by atoms with Crippen molar-refractivity contribution in [2.24, 2.45) is 5.41 Å². The van der Waals surface area contributed by atoms with Crippen LogP contribution in [0.15, 0.2) is 10.8 Å². The molecule has 0 aromatic carbocycles. The van der Waals surface area contributed by atoms with Crippen molar-refractivity contribution < 1.29 is 5.11 Å². The fourth-order valence-electron chi connectivity index (χ4n) is 1.66. The van der Waals surface area contributed by atoms with E-state index >= 15 is 0 Å². The number of aromatic nitrogens is 2. The topological polar surface area (TPSA) is 70.1 Å². The number of aliphatic hydroxyl groups excluding tert-OH is 1. The fourth-order valence-corrected chi connectivity index (χ4v) is 2.20. The van der Waals surface area contributed by atoms with E-state index in [-0.39, 0.29) is 5.41 Å². The molecule has 5 nitrogen and oxygen atoms in total. The molecule has 0 radical (unpaired) electrons. The van der Waals surface area contributed by atoms with Crippen molar-refractivity contribution in [1.82, 2.24) is 9.97 Å². The van der Waals surface area contributed by atoms with Gasteiger partial charge in [-0.2, -0.15) is 0 Å². The zero-order valence-corrected chi connectivity index (χ0v) is 12.9. The van der Waals surface area contributed by atoms with Crippen LogP contribution in [-0.2, 0) is 0 Å². The van der Waals surface area contributed by atoms with Crippen LogP contribution in [0, 0.1) is 5.41 Å². The standard InChI is InChI=1S/C12H21BrN4O/c1-12(2,3)5-8(18)6-15-11-9(13)10(14-4)16-7-17-11/h7-8,18H,5-6H2,1-4H3,(H2,14,15,16,17). The minimum absolute atomic E-state index is 0.111. The molecule has 0 saturated heterocycles. The third-order valence-electron chi connectivity index (χ3n) is 2.38. The van der Waals surface area contributed by atoms with Crippen molar-refractivity contribution in [2.45, 2.75) is 33.3 Å². The van der Waals surface area contributed by atoms with Gasteiger partial charge in [0.15, 0.2) is 0 Å². The van der Waals surface area contributed by atoms with Gasteiger partial charge in [-0.05, 0) is 27.8 Å². The highest BCUT2D eigenvalue weighted by atomic mass is 79.9. The molecule has 6 heteroatoms. The molecule has 0 aliphatic heterocycles. The second kappa shape index (κ2) is 6.33. The van der Waals surface area contributed by atoms with E-state index in [0.717, 1.165) is 16.7 Å². The van der Waals surface area contributed by atoms with E-state index in [4.69, 9.17) is 0 Å². The average molecular weight is 317 g/mol. The highest BCUT2D eigenvalue weighted by Gasteiger charge is 2.17. The number of nitrogens with one attached hydrogen (secondary N) is 2. The van der Waals surface area contributed by atoms with Crippen molar-refractivity contribution in [3.05, 3.63) is 10.8 Å². The third-order valence-corrected chi connectivity index (χ3v) is 3.13. The molecule has 1 unspecified atom stereocenters. The predicted molar refractivity (Wildman–Crippen MR) is 77.8 cm³/mol. The van der Waals surface area contributed by atoms with Crippen LogP contribution in [0.2, 0.25) is 0 Å². The Kier molecular flexibility index (Phi) is 5.34. The molecule has 1 heterocycles. The van der Waals surface area contributed by atoms with Gasteiger partial charge in [-0.25, -0.2) is 9.97 Å². The van der Waals surface area contributed by atoms with E-state index in [2.05, 4.69) is 57.3 Å². The van der Waals surface area contributed by atoms with Crippen molar-refractivity contribution in [3.8, 4) is 0 Å². The Morgan fingerprint density at radius 3 is 2.50 bits per heavy atom. The summed E-state index contributed by atoms with van der Waals surface area (Å²) in [5.41, 5.74) is 0.111. The second-order valence-electron chi connectivity index (χ2n) is 5.43. The molecule has 0 fully saturated rings. The minimum Gasteiger partial charge on any atom is -0.391 e. The highest BCUT2D eigenvalue weighted by Crippen LogP contribution is 2.26. The van der Waals surface area contributed by atoms with Crippen LogP contribution >= 0.6 is 15.9 Å². The number of hydrogen-bond acceptors (Lipinski definition) is 5. The molecule has 1 aromatic heterocycles. The number of aliphatic hydroxyl groups is 1. The first-order valence-corrected chi connectivity index (χ1v) is 6.73. The first-order chi connectivity index (χ1) is 8.33. The summed E-state index contributed by atoms with van der Waals surface area (Å²) in [6.45, 7) is 6.79. The van der Waals surface area contributed by atoms with Crippen LogP contribution in [-0.4, -0.2) is 34.8 Å². The lowest BCUT2D eigenvalue weighted by molar-refractivity contribution is 0.132. The second-order valence-corrected chi connectivity index (χ2v) is 6.23. The van der Waals surface area contributed by atoms with Crippen molar-refractivity contribution >= 4 is 27.6 Å². The molecule has 1 rings (SSSR count). The van der Waals surface area contributed by atoms with Crippen LogP contribution in [0.5, 0.6) is 0 Å². The molecule has 0 saturated carbocycles. The fraction of sp³-hybridized carbons (Fsp3) is 0.667. The maximum Gasteiger partial charge on any atom is 0.146 e. The molecule has 18 heavy (non-hydrogen) atoms. The Morgan fingerprint density at radius 2 is 1.94 bits per heavy atom. The molecular weight excluding hydrogens is 296 g/mol. The average Bonchev–Trinajstić information content (AvgIpc) is 2.25. The summed E-state index contributed by atoms with van der Waals surface area (Å²) in [5.74, 6) is 1.40. The Hall–Kier alpha value is -0.880. The molecule has 102 valence electrons. The van der Waals surface area contributed by atoms with E-state index < -0.39 is 6.10 Å². The van der Waals surface area contributed by atoms with E-state index in [0.29, 0.717) is 12.4 Å². The van der Waals surface area contributed by atoms with Gasteiger partial charge < -0.3 is 15.7 Å². The normalized spacial score (nSPS) is 13.2. The van der Waals surface area contributed by atoms with Crippen molar-refractivity contribution in [2.75, 3.05) is 24.2 Å². The smallest absolute Gasteiger partial charge is 0.146 e. The number of halogens is 1. The summed E-state index contributed by atoms with van der Waals surface area (Å²) >= 11 is 3.42. The van der Waals surface area contributed by atoms with Crippen LogP contribution in [0.25, 0.3) is 0 Å². The molecule has 1 atom stereocenters. The maximum absolute atomic E-state index is 9.93. The third kappa shape index (κ3) is 4.78. The monoisotopic (exact) mass is 316 g/mol. The van der Waals surface area contributed by atoms with Crippen LogP contribution in [0.1, 0.15) is 27.2 Å². The molecule has 0 spiro atoms. The summed E-state index contributed by atoms with van der Waals surface area (Å²) in [7, 11) is 1.80. The van der Waals surface area contributed by atoms with E-state index in [1.54, 1.807) is 7.05 Å². The summed E-state index contributed by atoms with van der Waals surface area (Å²) in [6.07, 6.45) is 1.82. The molecule has 3 N–H and O–H groups in total. The number of anilines is 2. The summed E-state index contributed by atoms with van der Waals surface area (Å²) in [4.78, 5) is 8.21. The molecule has 0 amide bonds. The van der Waals surface area contributed by atoms with Crippen LogP contribution < -0.4 is 10.6 Å². The minimum atomic E-state index is -0.398. The van der Waals surface area contributed by atoms with Crippen molar-refractivity contribution in [1.29, 1.82) is 0 Å². The molecule has 0 bridgehead atoms. The van der Waals surface area contributed by atoms with Gasteiger partial charge in [-0.1, -0.05) is 20.8 Å². The Morgan fingerprint density at radius 1 is 1.33 bits per heavy atom. The molecule has 0 aliphatic rings. The van der Waals surface area contributed by atoms with E-state index in [1.807, 2.05) is 0 Å². The molecule has 0 aliphatic carbocycles. The first kappa shape index (κ1) is 15.2. The SMILES string of the molecule is CNc1ncnc(NCC(O)CC(C)(C)C)c1Br. The Bertz CT molecular complexity index is 392. The van der Waals surface area contributed by atoms with Gasteiger partial charge >= 0.3 is 0 Å². The Labute approximate surface area is 117 Å². The van der Waals surface area contributed by atoms with Gasteiger partial charge in [0.25, 0.3) is 0 Å². The lowest BCUT2D eigenvalue weighted by Crippen LogP contribution is -2.25. The molecule has 1 aromatic rings. The zero-order chi connectivity index (χ0) is 13.8. The quantitative estimate of drug-likeness (QED) is 0.778. The number of rotatable bonds is 5. The van der Waals surface area contributed by atoms with Crippen LogP contribution in [0.3, 0.4) is 0 Å².